The van der Waals surface area contributed by atoms with Crippen LogP contribution in [0.3, 0.4) is 0 Å². The maximum Gasteiger partial charge on any atom is 0.508 e. The summed E-state index contributed by atoms with van der Waals surface area (Å²) in [4.78, 5) is 4.13. The van der Waals surface area contributed by atoms with Gasteiger partial charge >= 0.3 is 7.12 Å². The van der Waals surface area contributed by atoms with Crippen molar-refractivity contribution in [2.24, 2.45) is 0 Å². The van der Waals surface area contributed by atoms with Gasteiger partial charge in [0, 0.05) is 0 Å². The first-order valence-electron chi connectivity index (χ1n) is 4.78. The molecule has 0 N–H and O–H groups in total. The van der Waals surface area contributed by atoms with Crippen LogP contribution in [0.5, 0.6) is 0 Å². The Bertz CT molecular complexity index is 364. The Kier molecular flexibility index (Phi) is 2.74. The van der Waals surface area contributed by atoms with Gasteiger partial charge in [-0.2, -0.15) is 0 Å². The third-order valence-electron chi connectivity index (χ3n) is 3.02. The normalized spacial score (nSPS) is 23.4. The van der Waals surface area contributed by atoms with E-state index in [-0.39, 0.29) is 18.3 Å². The largest absolute Gasteiger partial charge is 0.508 e. The molecule has 0 atom stereocenters. The number of thiazole rings is 1. The molecule has 1 fully saturated rings. The number of rotatable bonds is 1. The van der Waals surface area contributed by atoms with Crippen LogP contribution in [0.15, 0.2) is 10.1 Å². The Morgan fingerprint density at radius 2 is 1.80 bits per heavy atom. The molecule has 0 saturated carbocycles. The Morgan fingerprint density at radius 1 is 1.27 bits per heavy atom. The van der Waals surface area contributed by atoms with Gasteiger partial charge in [0.25, 0.3) is 0 Å². The topological polar surface area (TPSA) is 31.4 Å². The van der Waals surface area contributed by atoms with Crippen LogP contribution in [0.25, 0.3) is 0 Å². The van der Waals surface area contributed by atoms with Crippen LogP contribution in [0.4, 0.5) is 0 Å². The quantitative estimate of drug-likeness (QED) is 0.743. The first kappa shape index (κ1) is 11.6. The van der Waals surface area contributed by atoms with Gasteiger partial charge in [-0.3, -0.25) is 0 Å². The highest BCUT2D eigenvalue weighted by Gasteiger charge is 2.52. The summed E-state index contributed by atoms with van der Waals surface area (Å²) in [6.07, 6.45) is 0. The molecule has 82 valence electrons. The van der Waals surface area contributed by atoms with Gasteiger partial charge in [-0.05, 0) is 43.6 Å². The maximum absolute atomic E-state index is 5.91. The third kappa shape index (κ3) is 1.88. The molecule has 1 aliphatic heterocycles. The van der Waals surface area contributed by atoms with E-state index < -0.39 is 0 Å². The van der Waals surface area contributed by atoms with Crippen molar-refractivity contribution >= 4 is 39.2 Å². The lowest BCUT2D eigenvalue weighted by molar-refractivity contribution is 0.00578. The highest BCUT2D eigenvalue weighted by Crippen LogP contribution is 2.37. The van der Waals surface area contributed by atoms with Crippen molar-refractivity contribution in [3.8, 4) is 0 Å². The zero-order chi connectivity index (χ0) is 11.3. The average Bonchev–Trinajstić information content (AvgIpc) is 2.55. The molecule has 0 bridgehead atoms. The van der Waals surface area contributed by atoms with Gasteiger partial charge in [0.1, 0.15) is 4.60 Å². The van der Waals surface area contributed by atoms with E-state index in [4.69, 9.17) is 9.31 Å². The van der Waals surface area contributed by atoms with E-state index in [1.165, 1.54) is 0 Å². The van der Waals surface area contributed by atoms with E-state index in [0.29, 0.717) is 0 Å². The Balaban J connectivity index is 2.27. The second kappa shape index (κ2) is 3.55. The molecule has 3 nitrogen and oxygen atoms in total. The minimum atomic E-state index is -0.308. The van der Waals surface area contributed by atoms with Gasteiger partial charge < -0.3 is 9.31 Å². The molecule has 0 unspecified atom stereocenters. The van der Waals surface area contributed by atoms with Crippen molar-refractivity contribution in [1.29, 1.82) is 0 Å². The number of hydrogen-bond acceptors (Lipinski definition) is 4. The minimum absolute atomic E-state index is 0.291. The van der Waals surface area contributed by atoms with Gasteiger partial charge in [-0.25, -0.2) is 4.98 Å². The third-order valence-corrected chi connectivity index (χ3v) is 4.76. The zero-order valence-corrected chi connectivity index (χ0v) is 11.6. The van der Waals surface area contributed by atoms with Gasteiger partial charge in [-0.1, -0.05) is 0 Å². The molecule has 2 rings (SSSR count). The molecular formula is C9H13BBrNO2S. The summed E-state index contributed by atoms with van der Waals surface area (Å²) < 4.78 is 13.6. The Hall–Kier alpha value is 0.0949. The van der Waals surface area contributed by atoms with E-state index in [2.05, 4.69) is 20.9 Å². The van der Waals surface area contributed by atoms with Crippen molar-refractivity contribution in [3.05, 3.63) is 10.1 Å². The summed E-state index contributed by atoms with van der Waals surface area (Å²) >= 11 is 4.93. The van der Waals surface area contributed by atoms with Crippen molar-refractivity contribution < 1.29 is 9.31 Å². The summed E-state index contributed by atoms with van der Waals surface area (Å²) in [6, 6.07) is 0. The van der Waals surface area contributed by atoms with Crippen molar-refractivity contribution in [1.82, 2.24) is 4.98 Å². The molecule has 0 aromatic carbocycles. The predicted molar refractivity (Wildman–Crippen MR) is 65.5 cm³/mol. The number of halogens is 1. The lowest BCUT2D eigenvalue weighted by Crippen LogP contribution is -2.41. The SMILES string of the molecule is CC1(C)OB(c2scnc2Br)OC1(C)C. The summed E-state index contributed by atoms with van der Waals surface area (Å²) in [5.74, 6) is 0. The summed E-state index contributed by atoms with van der Waals surface area (Å²) in [7, 11) is -0.308. The molecule has 1 aromatic heterocycles. The number of nitrogens with zero attached hydrogens (tertiary/aromatic N) is 1. The van der Waals surface area contributed by atoms with E-state index in [1.807, 2.05) is 27.7 Å². The van der Waals surface area contributed by atoms with E-state index in [1.54, 1.807) is 16.8 Å². The van der Waals surface area contributed by atoms with Crippen LogP contribution in [-0.4, -0.2) is 23.3 Å². The fourth-order valence-corrected chi connectivity index (χ4v) is 2.68. The van der Waals surface area contributed by atoms with Crippen LogP contribution < -0.4 is 4.78 Å². The van der Waals surface area contributed by atoms with Crippen LogP contribution in [0, 0.1) is 0 Å². The van der Waals surface area contributed by atoms with Crippen LogP contribution in [0.1, 0.15) is 27.7 Å². The second-order valence-corrected chi connectivity index (χ2v) is 6.23. The van der Waals surface area contributed by atoms with Crippen molar-refractivity contribution in [3.63, 3.8) is 0 Å². The van der Waals surface area contributed by atoms with E-state index in [0.717, 1.165) is 9.38 Å². The first-order chi connectivity index (χ1) is 6.83. The average molecular weight is 290 g/mol. The predicted octanol–water partition coefficient (Wildman–Crippen LogP) is 2.20. The van der Waals surface area contributed by atoms with E-state index in [9.17, 15) is 0 Å². The molecule has 0 radical (unpaired) electrons. The van der Waals surface area contributed by atoms with Gasteiger partial charge in [0.05, 0.1) is 21.5 Å². The molecule has 1 aromatic rings. The zero-order valence-electron chi connectivity index (χ0n) is 9.20. The number of aromatic nitrogens is 1. The maximum atomic E-state index is 5.91. The molecule has 0 aliphatic carbocycles. The number of hydrogen-bond donors (Lipinski definition) is 0. The highest BCUT2D eigenvalue weighted by molar-refractivity contribution is 9.10. The second-order valence-electron chi connectivity index (χ2n) is 4.60. The van der Waals surface area contributed by atoms with Gasteiger partial charge in [0.15, 0.2) is 0 Å². The Labute approximate surface area is 102 Å². The molecule has 0 amide bonds. The fraction of sp³-hybridized carbons (Fsp3) is 0.667. The fourth-order valence-electron chi connectivity index (χ4n) is 1.34. The Morgan fingerprint density at radius 3 is 2.20 bits per heavy atom. The van der Waals surface area contributed by atoms with Crippen LogP contribution in [0.2, 0.25) is 0 Å². The summed E-state index contributed by atoms with van der Waals surface area (Å²) in [5.41, 5.74) is 1.20. The van der Waals surface area contributed by atoms with Gasteiger partial charge in [0.2, 0.25) is 0 Å². The first-order valence-corrected chi connectivity index (χ1v) is 6.45. The smallest absolute Gasteiger partial charge is 0.399 e. The minimum Gasteiger partial charge on any atom is -0.399 e. The molecule has 1 saturated heterocycles. The van der Waals surface area contributed by atoms with E-state index >= 15 is 0 Å². The van der Waals surface area contributed by atoms with Crippen molar-refractivity contribution in [2.75, 3.05) is 0 Å². The molecule has 2 heterocycles. The molecular weight excluding hydrogens is 277 g/mol. The summed E-state index contributed by atoms with van der Waals surface area (Å²) in [6.45, 7) is 8.17. The molecule has 0 spiro atoms. The molecule has 1 aliphatic rings. The summed E-state index contributed by atoms with van der Waals surface area (Å²) in [5, 5.41) is 0. The van der Waals surface area contributed by atoms with Crippen LogP contribution in [-0.2, 0) is 9.31 Å². The monoisotopic (exact) mass is 289 g/mol. The standard InChI is InChI=1S/C9H13BBrNO2S/c1-8(2)9(3,4)14-10(13-8)6-7(11)12-5-15-6/h5H,1-4H3. The highest BCUT2D eigenvalue weighted by atomic mass is 79.9. The van der Waals surface area contributed by atoms with Crippen LogP contribution >= 0.6 is 27.3 Å². The molecule has 6 heteroatoms. The molecule has 15 heavy (non-hydrogen) atoms. The lowest BCUT2D eigenvalue weighted by Gasteiger charge is -2.32. The lowest BCUT2D eigenvalue weighted by atomic mass is 9.89. The van der Waals surface area contributed by atoms with Gasteiger partial charge in [-0.15, -0.1) is 11.3 Å². The van der Waals surface area contributed by atoms with Crippen molar-refractivity contribution in [2.45, 2.75) is 38.9 Å².